The lowest BCUT2D eigenvalue weighted by Crippen LogP contribution is -2.26. The van der Waals surface area contributed by atoms with Gasteiger partial charge in [0.2, 0.25) is 0 Å². The molecule has 2 rings (SSSR count). The van der Waals surface area contributed by atoms with Crippen LogP contribution in [0.1, 0.15) is 25.7 Å². The van der Waals surface area contributed by atoms with E-state index in [-0.39, 0.29) is 0 Å². The van der Waals surface area contributed by atoms with Crippen molar-refractivity contribution in [1.82, 2.24) is 0 Å². The molecule has 0 aromatic heterocycles. The fraction of sp³-hybridized carbons (Fsp3) is 0.625. The summed E-state index contributed by atoms with van der Waals surface area (Å²) in [5.74, 6) is 0. The van der Waals surface area contributed by atoms with Gasteiger partial charge in [-0.2, -0.15) is 0 Å². The topological polar surface area (TPSA) is 50.5 Å². The minimum atomic E-state index is 0.331. The van der Waals surface area contributed by atoms with Crippen molar-refractivity contribution in [2.24, 2.45) is 5.73 Å². The minimum Gasteiger partial charge on any atom is -0.383 e. The average Bonchev–Trinajstić information content (AvgIpc) is 2.99. The molecule has 0 saturated carbocycles. The molecule has 1 saturated heterocycles. The first-order valence-corrected chi connectivity index (χ1v) is 7.64. The van der Waals surface area contributed by atoms with Crippen molar-refractivity contribution < 1.29 is 4.74 Å². The largest absolute Gasteiger partial charge is 0.383 e. The van der Waals surface area contributed by atoms with E-state index in [9.17, 15) is 0 Å². The number of hydrogen-bond acceptors (Lipinski definition) is 4. The molecule has 0 amide bonds. The van der Waals surface area contributed by atoms with Gasteiger partial charge in [-0.15, -0.1) is 0 Å². The maximum absolute atomic E-state index is 5.60. The van der Waals surface area contributed by atoms with Crippen LogP contribution in [0, 0.1) is 0 Å². The molecule has 1 aromatic rings. The molecule has 0 bridgehead atoms. The van der Waals surface area contributed by atoms with Gasteiger partial charge in [-0.3, -0.25) is 0 Å². The van der Waals surface area contributed by atoms with Crippen LogP contribution in [0.4, 0.5) is 11.4 Å². The number of ether oxygens (including phenoxy) is 1. The summed E-state index contributed by atoms with van der Waals surface area (Å²) in [5, 5.41) is 3.57. The zero-order valence-electron chi connectivity index (χ0n) is 12.5. The quantitative estimate of drug-likeness (QED) is 0.766. The molecule has 4 nitrogen and oxygen atoms in total. The van der Waals surface area contributed by atoms with Crippen LogP contribution < -0.4 is 16.0 Å². The standard InChI is InChI=1S/C16H27N3O/c1-20-13-15(7-5-9-17)18-14-6-4-8-16(12-14)19-10-2-3-11-19/h4,6,8,12,15,18H,2-3,5,7,9-11,13,17H2,1H3. The SMILES string of the molecule is COCC(CCCN)Nc1cccc(N2CCCC2)c1. The van der Waals surface area contributed by atoms with Crippen LogP contribution in [-0.4, -0.2) is 39.4 Å². The van der Waals surface area contributed by atoms with Gasteiger partial charge < -0.3 is 20.7 Å². The predicted molar refractivity (Wildman–Crippen MR) is 85.5 cm³/mol. The maximum Gasteiger partial charge on any atom is 0.0664 e. The Morgan fingerprint density at radius 3 is 2.85 bits per heavy atom. The fourth-order valence-electron chi connectivity index (χ4n) is 2.77. The first kappa shape index (κ1) is 15.1. The maximum atomic E-state index is 5.60. The first-order valence-electron chi connectivity index (χ1n) is 7.64. The van der Waals surface area contributed by atoms with E-state index in [0.29, 0.717) is 12.6 Å². The Morgan fingerprint density at radius 2 is 2.15 bits per heavy atom. The smallest absolute Gasteiger partial charge is 0.0664 e. The van der Waals surface area contributed by atoms with Crippen molar-refractivity contribution in [2.45, 2.75) is 31.7 Å². The molecule has 4 heteroatoms. The first-order chi connectivity index (χ1) is 9.83. The number of anilines is 2. The number of hydrogen-bond donors (Lipinski definition) is 2. The Balaban J connectivity index is 1.97. The number of nitrogens with zero attached hydrogens (tertiary/aromatic N) is 1. The highest BCUT2D eigenvalue weighted by molar-refractivity contribution is 5.58. The Kier molecular flexibility index (Phi) is 6.15. The Bertz CT molecular complexity index is 391. The molecule has 0 spiro atoms. The van der Waals surface area contributed by atoms with Gasteiger partial charge in [0.25, 0.3) is 0 Å². The van der Waals surface area contributed by atoms with Gasteiger partial charge in [-0.1, -0.05) is 6.07 Å². The van der Waals surface area contributed by atoms with Gasteiger partial charge in [0.15, 0.2) is 0 Å². The summed E-state index contributed by atoms with van der Waals surface area (Å²) in [4.78, 5) is 2.45. The Hall–Kier alpha value is -1.26. The van der Waals surface area contributed by atoms with E-state index in [1.54, 1.807) is 7.11 Å². The molecule has 1 aromatic carbocycles. The average molecular weight is 277 g/mol. The third kappa shape index (κ3) is 4.39. The van der Waals surface area contributed by atoms with E-state index in [4.69, 9.17) is 10.5 Å². The van der Waals surface area contributed by atoms with Gasteiger partial charge in [0, 0.05) is 37.6 Å². The molecule has 1 atom stereocenters. The van der Waals surface area contributed by atoms with Crippen LogP contribution in [0.2, 0.25) is 0 Å². The lowest BCUT2D eigenvalue weighted by Gasteiger charge is -2.22. The van der Waals surface area contributed by atoms with Gasteiger partial charge in [-0.25, -0.2) is 0 Å². The zero-order valence-corrected chi connectivity index (χ0v) is 12.5. The third-order valence-electron chi connectivity index (χ3n) is 3.81. The summed E-state index contributed by atoms with van der Waals surface area (Å²) in [6.45, 7) is 3.81. The normalized spacial score (nSPS) is 16.4. The molecule has 1 heterocycles. The summed E-state index contributed by atoms with van der Waals surface area (Å²) in [6, 6.07) is 9.03. The van der Waals surface area contributed by atoms with Gasteiger partial charge in [0.1, 0.15) is 0 Å². The lowest BCUT2D eigenvalue weighted by molar-refractivity contribution is 0.182. The summed E-state index contributed by atoms with van der Waals surface area (Å²) in [6.07, 6.45) is 4.67. The van der Waals surface area contributed by atoms with Crippen molar-refractivity contribution >= 4 is 11.4 Å². The second kappa shape index (κ2) is 8.12. The van der Waals surface area contributed by atoms with Crippen LogP contribution in [0.15, 0.2) is 24.3 Å². The van der Waals surface area contributed by atoms with Crippen LogP contribution in [0.25, 0.3) is 0 Å². The highest BCUT2D eigenvalue weighted by atomic mass is 16.5. The number of nitrogens with one attached hydrogen (secondary N) is 1. The predicted octanol–water partition coefficient (Wildman–Crippen LogP) is 2.45. The van der Waals surface area contributed by atoms with Crippen LogP contribution in [0.5, 0.6) is 0 Å². The van der Waals surface area contributed by atoms with Crippen molar-refractivity contribution in [3.63, 3.8) is 0 Å². The number of benzene rings is 1. The molecular weight excluding hydrogens is 250 g/mol. The van der Waals surface area contributed by atoms with Crippen LogP contribution in [0.3, 0.4) is 0 Å². The molecule has 112 valence electrons. The second-order valence-corrected chi connectivity index (χ2v) is 5.47. The van der Waals surface area contributed by atoms with Crippen LogP contribution >= 0.6 is 0 Å². The third-order valence-corrected chi connectivity index (χ3v) is 3.81. The van der Waals surface area contributed by atoms with E-state index < -0.39 is 0 Å². The van der Waals surface area contributed by atoms with Crippen molar-refractivity contribution in [3.8, 4) is 0 Å². The molecular formula is C16H27N3O. The summed E-state index contributed by atoms with van der Waals surface area (Å²) in [5.41, 5.74) is 8.09. The van der Waals surface area contributed by atoms with E-state index in [0.717, 1.165) is 19.4 Å². The monoisotopic (exact) mass is 277 g/mol. The molecule has 20 heavy (non-hydrogen) atoms. The molecule has 3 N–H and O–H groups in total. The molecule has 0 radical (unpaired) electrons. The van der Waals surface area contributed by atoms with Gasteiger partial charge >= 0.3 is 0 Å². The van der Waals surface area contributed by atoms with E-state index in [1.807, 2.05) is 0 Å². The summed E-state index contributed by atoms with van der Waals surface area (Å²) < 4.78 is 5.29. The zero-order chi connectivity index (χ0) is 14.2. The van der Waals surface area contributed by atoms with Crippen LogP contribution in [-0.2, 0) is 4.74 Å². The van der Waals surface area contributed by atoms with Gasteiger partial charge in [-0.05, 0) is 50.4 Å². The van der Waals surface area contributed by atoms with Crippen molar-refractivity contribution in [2.75, 3.05) is 43.6 Å². The fourth-order valence-corrected chi connectivity index (χ4v) is 2.77. The molecule has 0 aliphatic carbocycles. The molecule has 1 unspecified atom stereocenters. The number of rotatable bonds is 8. The Labute approximate surface area is 122 Å². The molecule has 1 aliphatic rings. The lowest BCUT2D eigenvalue weighted by atomic mass is 10.1. The van der Waals surface area contributed by atoms with Crippen molar-refractivity contribution in [3.05, 3.63) is 24.3 Å². The number of nitrogens with two attached hydrogens (primary N) is 1. The molecule has 1 aliphatic heterocycles. The second-order valence-electron chi connectivity index (χ2n) is 5.47. The van der Waals surface area contributed by atoms with Crippen molar-refractivity contribution in [1.29, 1.82) is 0 Å². The number of methoxy groups -OCH3 is 1. The van der Waals surface area contributed by atoms with E-state index >= 15 is 0 Å². The Morgan fingerprint density at radius 1 is 1.35 bits per heavy atom. The van der Waals surface area contributed by atoms with E-state index in [2.05, 4.69) is 34.5 Å². The minimum absolute atomic E-state index is 0.331. The molecule has 1 fully saturated rings. The summed E-state index contributed by atoms with van der Waals surface area (Å²) in [7, 11) is 1.75. The summed E-state index contributed by atoms with van der Waals surface area (Å²) >= 11 is 0. The highest BCUT2D eigenvalue weighted by Crippen LogP contribution is 2.24. The van der Waals surface area contributed by atoms with E-state index in [1.165, 1.54) is 37.3 Å². The highest BCUT2D eigenvalue weighted by Gasteiger charge is 2.13. The van der Waals surface area contributed by atoms with Gasteiger partial charge in [0.05, 0.1) is 6.61 Å².